The van der Waals surface area contributed by atoms with Crippen LogP contribution in [0.3, 0.4) is 0 Å². The summed E-state index contributed by atoms with van der Waals surface area (Å²) in [6, 6.07) is 4.08. The highest BCUT2D eigenvalue weighted by atomic mass is 19.1. The van der Waals surface area contributed by atoms with Gasteiger partial charge in [-0.25, -0.2) is 4.39 Å². The zero-order valence-electron chi connectivity index (χ0n) is 11.2. The van der Waals surface area contributed by atoms with Crippen LogP contribution in [0.1, 0.15) is 12.8 Å². The van der Waals surface area contributed by atoms with Crippen molar-refractivity contribution in [2.75, 3.05) is 18.0 Å². The van der Waals surface area contributed by atoms with Crippen molar-refractivity contribution in [3.05, 3.63) is 40.3 Å². The van der Waals surface area contributed by atoms with Gasteiger partial charge in [-0.2, -0.15) is 0 Å². The van der Waals surface area contributed by atoms with Crippen LogP contribution in [-0.2, 0) is 0 Å². The zero-order chi connectivity index (χ0) is 15.0. The third-order valence-electron chi connectivity index (χ3n) is 3.71. The Hall–Kier alpha value is -2.28. The second kappa shape index (κ2) is 5.25. The normalized spacial score (nSPS) is 19.0. The number of non-ortho nitro benzene ring substituents is 1. The lowest BCUT2D eigenvalue weighted by molar-refractivity contribution is -0.383. The minimum absolute atomic E-state index is 0.231. The van der Waals surface area contributed by atoms with Crippen molar-refractivity contribution < 1.29 is 14.4 Å². The quantitative estimate of drug-likeness (QED) is 0.678. The predicted octanol–water partition coefficient (Wildman–Crippen LogP) is 2.24. The number of halogens is 1. The van der Waals surface area contributed by atoms with Crippen LogP contribution in [0.2, 0.25) is 0 Å². The number of anilines is 1. The number of hydrogen-bond acceptors (Lipinski definition) is 5. The molecule has 21 heavy (non-hydrogen) atoms. The molecule has 1 aliphatic heterocycles. The molecule has 0 bridgehead atoms. The molecule has 0 spiro atoms. The average Bonchev–Trinajstić information content (AvgIpc) is 2.46. The molecule has 1 N–H and O–H groups in total. The summed E-state index contributed by atoms with van der Waals surface area (Å²) in [4.78, 5) is 16.3. The van der Waals surface area contributed by atoms with Crippen molar-refractivity contribution in [2.45, 2.75) is 18.9 Å². The standard InChI is InChI=1S/C14H14FN3O3/c15-11-7-12(18(20)21)10-4-1-5-16-13(10)14(11)17-6-2-3-9(19)8-17/h1,4-5,7,9,19H,2-3,6,8H2. The number of fused-ring (bicyclic) bond motifs is 1. The first kappa shape index (κ1) is 13.7. The molecule has 2 heterocycles. The molecule has 1 unspecified atom stereocenters. The van der Waals surface area contributed by atoms with E-state index in [1.165, 1.54) is 6.20 Å². The van der Waals surface area contributed by atoms with Crippen LogP contribution in [0, 0.1) is 15.9 Å². The summed E-state index contributed by atoms with van der Waals surface area (Å²) in [6.07, 6.45) is 2.38. The largest absolute Gasteiger partial charge is 0.391 e. The van der Waals surface area contributed by atoms with Gasteiger partial charge in [0.05, 0.1) is 22.5 Å². The third-order valence-corrected chi connectivity index (χ3v) is 3.71. The van der Waals surface area contributed by atoms with Gasteiger partial charge in [0, 0.05) is 19.3 Å². The van der Waals surface area contributed by atoms with Gasteiger partial charge in [0.25, 0.3) is 5.69 Å². The number of aromatic nitrogens is 1. The fraction of sp³-hybridized carbons (Fsp3) is 0.357. The van der Waals surface area contributed by atoms with Gasteiger partial charge in [0.1, 0.15) is 11.2 Å². The van der Waals surface area contributed by atoms with Gasteiger partial charge in [-0.3, -0.25) is 15.1 Å². The number of piperidine rings is 1. The van der Waals surface area contributed by atoms with Gasteiger partial charge in [-0.05, 0) is 25.0 Å². The number of nitrogens with zero attached hydrogens (tertiary/aromatic N) is 3. The Morgan fingerprint density at radius 3 is 3.05 bits per heavy atom. The number of pyridine rings is 1. The number of nitro benzene ring substituents is 1. The third kappa shape index (κ3) is 2.40. The van der Waals surface area contributed by atoms with Crippen LogP contribution in [0.25, 0.3) is 10.9 Å². The fourth-order valence-electron chi connectivity index (χ4n) is 2.79. The molecule has 3 rings (SSSR count). The molecule has 0 amide bonds. The lowest BCUT2D eigenvalue weighted by Gasteiger charge is -2.32. The monoisotopic (exact) mass is 291 g/mol. The van der Waals surface area contributed by atoms with Gasteiger partial charge in [-0.15, -0.1) is 0 Å². The van der Waals surface area contributed by atoms with E-state index >= 15 is 0 Å². The van der Waals surface area contributed by atoms with Crippen molar-refractivity contribution in [1.82, 2.24) is 4.98 Å². The Bertz CT molecular complexity index is 707. The fourth-order valence-corrected chi connectivity index (χ4v) is 2.79. The SMILES string of the molecule is O=[N+]([O-])c1cc(F)c(N2CCCC(O)C2)c2ncccc12. The van der Waals surface area contributed by atoms with Gasteiger partial charge < -0.3 is 10.0 Å². The van der Waals surface area contributed by atoms with Crippen molar-refractivity contribution in [3.63, 3.8) is 0 Å². The number of nitro groups is 1. The van der Waals surface area contributed by atoms with Crippen molar-refractivity contribution >= 4 is 22.3 Å². The number of rotatable bonds is 2. The van der Waals surface area contributed by atoms with Crippen molar-refractivity contribution in [1.29, 1.82) is 0 Å². The smallest absolute Gasteiger partial charge is 0.281 e. The molecular weight excluding hydrogens is 277 g/mol. The molecule has 1 fully saturated rings. The van der Waals surface area contributed by atoms with Gasteiger partial charge in [0.2, 0.25) is 0 Å². The summed E-state index contributed by atoms with van der Waals surface area (Å²) in [6.45, 7) is 0.901. The maximum absolute atomic E-state index is 14.4. The summed E-state index contributed by atoms with van der Waals surface area (Å²) in [5.74, 6) is -0.679. The second-order valence-corrected chi connectivity index (χ2v) is 5.12. The van der Waals surface area contributed by atoms with Crippen LogP contribution in [0.5, 0.6) is 0 Å². The van der Waals surface area contributed by atoms with Crippen LogP contribution >= 0.6 is 0 Å². The molecule has 1 aromatic heterocycles. The highest BCUT2D eigenvalue weighted by Crippen LogP contribution is 2.35. The van der Waals surface area contributed by atoms with Gasteiger partial charge in [0.15, 0.2) is 5.82 Å². The van der Waals surface area contributed by atoms with E-state index in [0.717, 1.165) is 12.5 Å². The van der Waals surface area contributed by atoms with Crippen molar-refractivity contribution in [3.8, 4) is 0 Å². The Labute approximate surface area is 120 Å². The second-order valence-electron chi connectivity index (χ2n) is 5.12. The molecule has 0 saturated carbocycles. The molecule has 110 valence electrons. The van der Waals surface area contributed by atoms with E-state index < -0.39 is 16.8 Å². The Morgan fingerprint density at radius 2 is 2.33 bits per heavy atom. The van der Waals surface area contributed by atoms with Crippen LogP contribution in [0.15, 0.2) is 24.4 Å². The van der Waals surface area contributed by atoms with Crippen LogP contribution in [-0.4, -0.2) is 34.2 Å². The molecule has 1 aliphatic rings. The first-order chi connectivity index (χ1) is 10.1. The summed E-state index contributed by atoms with van der Waals surface area (Å²) >= 11 is 0. The zero-order valence-corrected chi connectivity index (χ0v) is 11.2. The van der Waals surface area contributed by atoms with Crippen LogP contribution in [0.4, 0.5) is 15.8 Å². The van der Waals surface area contributed by atoms with E-state index in [4.69, 9.17) is 0 Å². The van der Waals surface area contributed by atoms with Gasteiger partial charge >= 0.3 is 0 Å². The molecule has 0 radical (unpaired) electrons. The van der Waals surface area contributed by atoms with E-state index in [9.17, 15) is 19.6 Å². The minimum atomic E-state index is -0.679. The maximum atomic E-state index is 14.4. The Balaban J connectivity index is 2.21. The first-order valence-corrected chi connectivity index (χ1v) is 6.72. The van der Waals surface area contributed by atoms with E-state index in [2.05, 4.69) is 4.98 Å². The lowest BCUT2D eigenvalue weighted by Crippen LogP contribution is -2.38. The van der Waals surface area contributed by atoms with Crippen LogP contribution < -0.4 is 4.90 Å². The molecule has 7 heteroatoms. The highest BCUT2D eigenvalue weighted by molar-refractivity contribution is 5.97. The van der Waals surface area contributed by atoms with Gasteiger partial charge in [-0.1, -0.05) is 0 Å². The number of β-amino-alcohol motifs (C(OH)–C–C–N with tert-alkyl or cyclic N) is 1. The molecular formula is C14H14FN3O3. The topological polar surface area (TPSA) is 79.5 Å². The molecule has 1 saturated heterocycles. The Kier molecular flexibility index (Phi) is 3.42. The number of benzene rings is 1. The molecule has 6 nitrogen and oxygen atoms in total. The molecule has 0 aliphatic carbocycles. The predicted molar refractivity (Wildman–Crippen MR) is 75.8 cm³/mol. The summed E-state index contributed by atoms with van der Waals surface area (Å²) in [5, 5.41) is 21.1. The lowest BCUT2D eigenvalue weighted by atomic mass is 10.1. The summed E-state index contributed by atoms with van der Waals surface area (Å²) in [7, 11) is 0. The highest BCUT2D eigenvalue weighted by Gasteiger charge is 2.26. The molecule has 1 aromatic carbocycles. The molecule has 1 atom stereocenters. The number of aliphatic hydroxyl groups excluding tert-OH is 1. The maximum Gasteiger partial charge on any atom is 0.281 e. The van der Waals surface area contributed by atoms with E-state index in [1.54, 1.807) is 17.0 Å². The summed E-state index contributed by atoms with van der Waals surface area (Å²) < 4.78 is 14.4. The average molecular weight is 291 g/mol. The van der Waals surface area contributed by atoms with E-state index in [0.29, 0.717) is 24.9 Å². The van der Waals surface area contributed by atoms with E-state index in [-0.39, 0.29) is 16.9 Å². The van der Waals surface area contributed by atoms with Crippen molar-refractivity contribution in [2.24, 2.45) is 0 Å². The minimum Gasteiger partial charge on any atom is -0.391 e. The molecule has 2 aromatic rings. The number of hydrogen-bond donors (Lipinski definition) is 1. The van der Waals surface area contributed by atoms with E-state index in [1.807, 2.05) is 0 Å². The Morgan fingerprint density at radius 1 is 1.52 bits per heavy atom. The summed E-state index contributed by atoms with van der Waals surface area (Å²) in [5.41, 5.74) is 0.199. The first-order valence-electron chi connectivity index (χ1n) is 6.72. The number of aliphatic hydroxyl groups is 1.